The van der Waals surface area contributed by atoms with Crippen molar-refractivity contribution in [1.29, 1.82) is 0 Å². The molecule has 1 fully saturated rings. The zero-order chi connectivity index (χ0) is 21.7. The highest BCUT2D eigenvalue weighted by Crippen LogP contribution is 2.33. The number of hydrogen-bond donors (Lipinski definition) is 1. The smallest absolute Gasteiger partial charge is 0.378 e. The number of rotatable bonds is 7. The molecule has 1 aliphatic rings. The molecule has 10 heteroatoms. The summed E-state index contributed by atoms with van der Waals surface area (Å²) >= 11 is 1.35. The fourth-order valence-electron chi connectivity index (χ4n) is 3.47. The van der Waals surface area contributed by atoms with Crippen LogP contribution in [0.3, 0.4) is 0 Å². The van der Waals surface area contributed by atoms with Gasteiger partial charge >= 0.3 is 6.18 Å². The molecule has 0 aliphatic heterocycles. The molecule has 0 radical (unpaired) electrons. The molecule has 6 nitrogen and oxygen atoms in total. The van der Waals surface area contributed by atoms with Crippen LogP contribution in [-0.2, 0) is 17.5 Å². The quantitative estimate of drug-likeness (QED) is 0.637. The summed E-state index contributed by atoms with van der Waals surface area (Å²) in [6, 6.07) is 5.36. The number of thioether (sulfide) groups is 1. The summed E-state index contributed by atoms with van der Waals surface area (Å²) in [7, 11) is 3.42. The Kier molecular flexibility index (Phi) is 7.27. The molecular weight excluding hydrogens is 415 g/mol. The Labute approximate surface area is 178 Å². The van der Waals surface area contributed by atoms with E-state index in [1.165, 1.54) is 29.1 Å². The third-order valence-corrected chi connectivity index (χ3v) is 6.07. The van der Waals surface area contributed by atoms with E-state index in [0.29, 0.717) is 16.7 Å². The van der Waals surface area contributed by atoms with Gasteiger partial charge in [0.2, 0.25) is 5.91 Å². The second kappa shape index (κ2) is 9.72. The lowest BCUT2D eigenvalue weighted by atomic mass is 9.95. The fourth-order valence-corrected chi connectivity index (χ4v) is 4.48. The average Bonchev–Trinajstić information content (AvgIpc) is 3.13. The third kappa shape index (κ3) is 5.68. The van der Waals surface area contributed by atoms with Gasteiger partial charge in [-0.3, -0.25) is 4.79 Å². The summed E-state index contributed by atoms with van der Waals surface area (Å²) in [6.07, 6.45) is 1.04. The number of alkyl halides is 3. The SMILES string of the molecule is CN(C)C(=O)CSc1nnc(CNc2cccc(C(F)(F)F)c2)n1C1CCCCC1. The van der Waals surface area contributed by atoms with Crippen LogP contribution >= 0.6 is 11.8 Å². The highest BCUT2D eigenvalue weighted by atomic mass is 32.2. The number of carbonyl (C=O) groups is 1. The van der Waals surface area contributed by atoms with Crippen LogP contribution in [-0.4, -0.2) is 45.4 Å². The van der Waals surface area contributed by atoms with Gasteiger partial charge in [0.1, 0.15) is 0 Å². The number of nitrogens with one attached hydrogen (secondary N) is 1. The summed E-state index contributed by atoms with van der Waals surface area (Å²) in [6.45, 7) is 0.257. The second-order valence-electron chi connectivity index (χ2n) is 7.57. The molecule has 3 rings (SSSR count). The van der Waals surface area contributed by atoms with Gasteiger partial charge in [0.05, 0.1) is 17.9 Å². The van der Waals surface area contributed by atoms with Crippen molar-refractivity contribution < 1.29 is 18.0 Å². The molecule has 164 valence electrons. The van der Waals surface area contributed by atoms with Crippen molar-refractivity contribution in [1.82, 2.24) is 19.7 Å². The van der Waals surface area contributed by atoms with Crippen molar-refractivity contribution in [2.45, 2.75) is 56.0 Å². The molecule has 2 aromatic rings. The summed E-state index contributed by atoms with van der Waals surface area (Å²) in [5, 5.41) is 12.3. The number of nitrogens with zero attached hydrogens (tertiary/aromatic N) is 4. The van der Waals surface area contributed by atoms with E-state index in [4.69, 9.17) is 0 Å². The number of amides is 1. The van der Waals surface area contributed by atoms with Gasteiger partial charge in [-0.15, -0.1) is 10.2 Å². The van der Waals surface area contributed by atoms with E-state index >= 15 is 0 Å². The standard InChI is InChI=1S/C20H26F3N5OS/c1-27(2)18(29)13-30-19-26-25-17(28(19)16-9-4-3-5-10-16)12-24-15-8-6-7-14(11-15)20(21,22)23/h6-8,11,16,24H,3-5,9-10,12-13H2,1-2H3. The van der Waals surface area contributed by atoms with E-state index < -0.39 is 11.7 Å². The Hall–Kier alpha value is -2.23. The first kappa shape index (κ1) is 22.5. The first-order chi connectivity index (χ1) is 14.3. The summed E-state index contributed by atoms with van der Waals surface area (Å²) in [4.78, 5) is 13.5. The van der Waals surface area contributed by atoms with Crippen molar-refractivity contribution in [3.8, 4) is 0 Å². The van der Waals surface area contributed by atoms with Crippen molar-refractivity contribution in [2.75, 3.05) is 25.2 Å². The van der Waals surface area contributed by atoms with Gasteiger partial charge in [-0.1, -0.05) is 37.1 Å². The van der Waals surface area contributed by atoms with Crippen LogP contribution in [0.15, 0.2) is 29.4 Å². The lowest BCUT2D eigenvalue weighted by molar-refractivity contribution is -0.137. The predicted molar refractivity (Wildman–Crippen MR) is 110 cm³/mol. The Morgan fingerprint density at radius 2 is 1.97 bits per heavy atom. The first-order valence-electron chi connectivity index (χ1n) is 9.93. The highest BCUT2D eigenvalue weighted by molar-refractivity contribution is 7.99. The number of anilines is 1. The third-order valence-electron chi connectivity index (χ3n) is 5.14. The van der Waals surface area contributed by atoms with E-state index in [1.807, 2.05) is 0 Å². The minimum absolute atomic E-state index is 0.0122. The van der Waals surface area contributed by atoms with Crippen LogP contribution in [0, 0.1) is 0 Å². The highest BCUT2D eigenvalue weighted by Gasteiger charge is 2.30. The normalized spacial score (nSPS) is 15.2. The van der Waals surface area contributed by atoms with Crippen molar-refractivity contribution in [2.24, 2.45) is 0 Å². The van der Waals surface area contributed by atoms with Gasteiger partial charge in [-0.25, -0.2) is 0 Å². The van der Waals surface area contributed by atoms with Crippen LogP contribution in [0.2, 0.25) is 0 Å². The van der Waals surface area contributed by atoms with E-state index in [2.05, 4.69) is 20.1 Å². The number of hydrogen-bond acceptors (Lipinski definition) is 5. The molecule has 0 spiro atoms. The summed E-state index contributed by atoms with van der Waals surface area (Å²) in [5.74, 6) is 0.916. The van der Waals surface area contributed by atoms with Crippen LogP contribution < -0.4 is 5.32 Å². The lowest BCUT2D eigenvalue weighted by Gasteiger charge is -2.25. The van der Waals surface area contributed by atoms with Crippen LogP contribution in [0.4, 0.5) is 18.9 Å². The number of aromatic nitrogens is 3. The average molecular weight is 442 g/mol. The van der Waals surface area contributed by atoms with Gasteiger partial charge in [0.25, 0.3) is 0 Å². The molecule has 1 saturated carbocycles. The molecule has 1 aromatic carbocycles. The van der Waals surface area contributed by atoms with Crippen molar-refractivity contribution in [3.63, 3.8) is 0 Å². The zero-order valence-corrected chi connectivity index (χ0v) is 17.9. The maximum atomic E-state index is 13.0. The maximum absolute atomic E-state index is 13.0. The second-order valence-corrected chi connectivity index (χ2v) is 8.51. The summed E-state index contributed by atoms with van der Waals surface area (Å²) < 4.78 is 40.9. The molecule has 1 heterocycles. The van der Waals surface area contributed by atoms with Gasteiger partial charge < -0.3 is 14.8 Å². The largest absolute Gasteiger partial charge is 0.416 e. The minimum atomic E-state index is -4.39. The Morgan fingerprint density at radius 3 is 2.63 bits per heavy atom. The van der Waals surface area contributed by atoms with Crippen LogP contribution in [0.5, 0.6) is 0 Å². The monoisotopic (exact) mass is 441 g/mol. The topological polar surface area (TPSA) is 63.1 Å². The lowest BCUT2D eigenvalue weighted by Crippen LogP contribution is -2.24. The van der Waals surface area contributed by atoms with Crippen LogP contribution in [0.1, 0.15) is 49.5 Å². The molecule has 1 aliphatic carbocycles. The van der Waals surface area contributed by atoms with Gasteiger partial charge in [-0.2, -0.15) is 13.2 Å². The zero-order valence-electron chi connectivity index (χ0n) is 17.1. The van der Waals surface area contributed by atoms with Gasteiger partial charge in [0.15, 0.2) is 11.0 Å². The molecular formula is C20H26F3N5OS. The van der Waals surface area contributed by atoms with Crippen LogP contribution in [0.25, 0.3) is 0 Å². The molecule has 0 saturated heterocycles. The molecule has 0 unspecified atom stereocenters. The van der Waals surface area contributed by atoms with E-state index in [-0.39, 0.29) is 24.2 Å². The number of halogens is 3. The molecule has 1 amide bonds. The minimum Gasteiger partial charge on any atom is -0.378 e. The molecule has 1 aromatic heterocycles. The van der Waals surface area contributed by atoms with Gasteiger partial charge in [-0.05, 0) is 31.0 Å². The molecule has 0 atom stereocenters. The molecule has 0 bridgehead atoms. The number of benzene rings is 1. The predicted octanol–water partition coefficient (Wildman–Crippen LogP) is 4.59. The first-order valence-corrected chi connectivity index (χ1v) is 10.9. The van der Waals surface area contributed by atoms with Gasteiger partial charge in [0, 0.05) is 25.8 Å². The van der Waals surface area contributed by atoms with Crippen molar-refractivity contribution in [3.05, 3.63) is 35.7 Å². The van der Waals surface area contributed by atoms with E-state index in [9.17, 15) is 18.0 Å². The van der Waals surface area contributed by atoms with E-state index in [1.54, 1.807) is 20.2 Å². The Balaban J connectivity index is 1.77. The Bertz CT molecular complexity index is 862. The summed E-state index contributed by atoms with van der Waals surface area (Å²) in [5.41, 5.74) is -0.320. The fraction of sp³-hybridized carbons (Fsp3) is 0.550. The Morgan fingerprint density at radius 1 is 1.23 bits per heavy atom. The number of carbonyl (C=O) groups excluding carboxylic acids is 1. The maximum Gasteiger partial charge on any atom is 0.416 e. The van der Waals surface area contributed by atoms with E-state index in [0.717, 1.165) is 37.8 Å². The van der Waals surface area contributed by atoms with Crippen molar-refractivity contribution >= 4 is 23.4 Å². The molecule has 30 heavy (non-hydrogen) atoms. The molecule has 1 N–H and O–H groups in total.